The van der Waals surface area contributed by atoms with Crippen molar-refractivity contribution in [3.63, 3.8) is 0 Å². The lowest BCUT2D eigenvalue weighted by molar-refractivity contribution is 0.810. The molecule has 0 saturated carbocycles. The van der Waals surface area contributed by atoms with Crippen LogP contribution in [-0.4, -0.2) is 4.98 Å². The highest BCUT2D eigenvalue weighted by atomic mass is 32.1. The van der Waals surface area contributed by atoms with Crippen molar-refractivity contribution in [2.75, 3.05) is 0 Å². The molecule has 68 valence electrons. The van der Waals surface area contributed by atoms with E-state index in [1.165, 1.54) is 10.3 Å². The Hall–Kier alpha value is -0.930. The van der Waals surface area contributed by atoms with E-state index in [4.69, 9.17) is 5.73 Å². The van der Waals surface area contributed by atoms with Crippen LogP contribution in [0.1, 0.15) is 23.5 Å². The number of benzene rings is 1. The Bertz CT molecular complexity index is 431. The second kappa shape index (κ2) is 3.09. The van der Waals surface area contributed by atoms with Gasteiger partial charge in [-0.3, -0.25) is 0 Å². The summed E-state index contributed by atoms with van der Waals surface area (Å²) in [5.74, 6) is 0. The van der Waals surface area contributed by atoms with Gasteiger partial charge < -0.3 is 5.73 Å². The average molecular weight is 192 g/mol. The van der Waals surface area contributed by atoms with Crippen molar-refractivity contribution in [3.8, 4) is 0 Å². The molecular weight excluding hydrogens is 180 g/mol. The van der Waals surface area contributed by atoms with Gasteiger partial charge in [-0.1, -0.05) is 12.1 Å². The van der Waals surface area contributed by atoms with Crippen LogP contribution >= 0.6 is 11.3 Å². The van der Waals surface area contributed by atoms with Gasteiger partial charge in [0.1, 0.15) is 5.01 Å². The Morgan fingerprint density at radius 2 is 2.23 bits per heavy atom. The number of aromatic nitrogens is 1. The molecule has 2 nitrogen and oxygen atoms in total. The molecule has 0 radical (unpaired) electrons. The number of hydrogen-bond donors (Lipinski definition) is 1. The van der Waals surface area contributed by atoms with Crippen LogP contribution in [0, 0.1) is 6.92 Å². The lowest BCUT2D eigenvalue weighted by Crippen LogP contribution is -2.03. The molecular formula is C10H12N2S. The van der Waals surface area contributed by atoms with Crippen LogP contribution in [0.4, 0.5) is 0 Å². The lowest BCUT2D eigenvalue weighted by atomic mass is 10.2. The number of nitrogens with two attached hydrogens (primary N) is 1. The average Bonchev–Trinajstić information content (AvgIpc) is 2.49. The summed E-state index contributed by atoms with van der Waals surface area (Å²) in [6, 6.07) is 6.26. The van der Waals surface area contributed by atoms with Crippen molar-refractivity contribution in [1.29, 1.82) is 0 Å². The molecule has 1 heterocycles. The van der Waals surface area contributed by atoms with Crippen molar-refractivity contribution in [3.05, 3.63) is 28.8 Å². The summed E-state index contributed by atoms with van der Waals surface area (Å²) in [4.78, 5) is 4.51. The highest BCUT2D eigenvalue weighted by Gasteiger charge is 2.08. The van der Waals surface area contributed by atoms with Gasteiger partial charge >= 0.3 is 0 Å². The van der Waals surface area contributed by atoms with Crippen molar-refractivity contribution >= 4 is 21.6 Å². The summed E-state index contributed by atoms with van der Waals surface area (Å²) in [6.07, 6.45) is 0. The number of fused-ring (bicyclic) bond motifs is 1. The molecule has 0 spiro atoms. The maximum Gasteiger partial charge on any atom is 0.110 e. The minimum atomic E-state index is 0.0387. The highest BCUT2D eigenvalue weighted by molar-refractivity contribution is 7.18. The van der Waals surface area contributed by atoms with Crippen LogP contribution in [0.3, 0.4) is 0 Å². The summed E-state index contributed by atoms with van der Waals surface area (Å²) in [7, 11) is 0. The lowest BCUT2D eigenvalue weighted by Gasteiger charge is -1.95. The molecule has 1 aromatic carbocycles. The Balaban J connectivity index is 2.68. The number of rotatable bonds is 1. The van der Waals surface area contributed by atoms with Gasteiger partial charge in [0.25, 0.3) is 0 Å². The van der Waals surface area contributed by atoms with Crippen LogP contribution in [0.2, 0.25) is 0 Å². The topological polar surface area (TPSA) is 38.9 Å². The van der Waals surface area contributed by atoms with E-state index in [-0.39, 0.29) is 6.04 Å². The largest absolute Gasteiger partial charge is 0.322 e. The van der Waals surface area contributed by atoms with E-state index < -0.39 is 0 Å². The zero-order chi connectivity index (χ0) is 9.42. The van der Waals surface area contributed by atoms with Crippen molar-refractivity contribution in [2.24, 2.45) is 5.73 Å². The van der Waals surface area contributed by atoms with E-state index >= 15 is 0 Å². The molecule has 0 aliphatic heterocycles. The van der Waals surface area contributed by atoms with E-state index in [0.717, 1.165) is 10.5 Å². The zero-order valence-electron chi connectivity index (χ0n) is 7.74. The van der Waals surface area contributed by atoms with Crippen LogP contribution in [-0.2, 0) is 0 Å². The molecule has 0 aliphatic carbocycles. The van der Waals surface area contributed by atoms with E-state index in [1.54, 1.807) is 11.3 Å². The Labute approximate surface area is 81.4 Å². The maximum absolute atomic E-state index is 5.78. The first-order valence-electron chi connectivity index (χ1n) is 4.30. The van der Waals surface area contributed by atoms with Gasteiger partial charge in [0.05, 0.1) is 16.3 Å². The summed E-state index contributed by atoms with van der Waals surface area (Å²) in [5, 5.41) is 1.02. The highest BCUT2D eigenvalue weighted by Crippen LogP contribution is 2.26. The maximum atomic E-state index is 5.78. The van der Waals surface area contributed by atoms with Crippen LogP contribution < -0.4 is 5.73 Å². The smallest absolute Gasteiger partial charge is 0.110 e. The molecule has 3 heteroatoms. The molecule has 0 bridgehead atoms. The molecule has 2 aromatic rings. The fraction of sp³-hybridized carbons (Fsp3) is 0.300. The van der Waals surface area contributed by atoms with Crippen molar-refractivity contribution in [2.45, 2.75) is 19.9 Å². The number of hydrogen-bond acceptors (Lipinski definition) is 3. The monoisotopic (exact) mass is 192 g/mol. The van der Waals surface area contributed by atoms with Gasteiger partial charge in [-0.15, -0.1) is 11.3 Å². The molecule has 0 fully saturated rings. The SMILES string of the molecule is Cc1cccc2sc(C(C)N)nc12. The second-order valence-corrected chi connectivity index (χ2v) is 4.32. The molecule has 2 N–H and O–H groups in total. The molecule has 0 saturated heterocycles. The van der Waals surface area contributed by atoms with Crippen LogP contribution in [0.25, 0.3) is 10.2 Å². The Kier molecular flexibility index (Phi) is 2.06. The van der Waals surface area contributed by atoms with E-state index in [9.17, 15) is 0 Å². The first kappa shape index (κ1) is 8.66. The van der Waals surface area contributed by atoms with Crippen LogP contribution in [0.15, 0.2) is 18.2 Å². The summed E-state index contributed by atoms with van der Waals surface area (Å²) < 4.78 is 1.23. The molecule has 2 rings (SSSR count). The number of para-hydroxylation sites is 1. The normalized spacial score (nSPS) is 13.5. The third-order valence-corrected chi connectivity index (χ3v) is 3.25. The van der Waals surface area contributed by atoms with Crippen LogP contribution in [0.5, 0.6) is 0 Å². The third-order valence-electron chi connectivity index (χ3n) is 2.03. The Morgan fingerprint density at radius 3 is 2.85 bits per heavy atom. The van der Waals surface area contributed by atoms with Crippen molar-refractivity contribution in [1.82, 2.24) is 4.98 Å². The van der Waals surface area contributed by atoms with Gasteiger partial charge in [0, 0.05) is 0 Å². The molecule has 1 aromatic heterocycles. The van der Waals surface area contributed by atoms with Gasteiger partial charge in [-0.2, -0.15) is 0 Å². The first-order chi connectivity index (χ1) is 6.18. The van der Waals surface area contributed by atoms with Gasteiger partial charge in [-0.25, -0.2) is 4.98 Å². The minimum Gasteiger partial charge on any atom is -0.322 e. The first-order valence-corrected chi connectivity index (χ1v) is 5.12. The number of aryl methyl sites for hydroxylation is 1. The number of nitrogens with zero attached hydrogens (tertiary/aromatic N) is 1. The molecule has 0 amide bonds. The predicted octanol–water partition coefficient (Wildman–Crippen LogP) is 2.62. The minimum absolute atomic E-state index is 0.0387. The molecule has 1 unspecified atom stereocenters. The van der Waals surface area contributed by atoms with Crippen molar-refractivity contribution < 1.29 is 0 Å². The molecule has 13 heavy (non-hydrogen) atoms. The molecule has 0 aliphatic rings. The quantitative estimate of drug-likeness (QED) is 0.754. The zero-order valence-corrected chi connectivity index (χ0v) is 8.56. The fourth-order valence-electron chi connectivity index (χ4n) is 1.30. The van der Waals surface area contributed by atoms with Gasteiger partial charge in [0.2, 0.25) is 0 Å². The van der Waals surface area contributed by atoms with Gasteiger partial charge in [-0.05, 0) is 25.5 Å². The second-order valence-electron chi connectivity index (χ2n) is 3.26. The Morgan fingerprint density at radius 1 is 1.46 bits per heavy atom. The number of thiazole rings is 1. The van der Waals surface area contributed by atoms with Gasteiger partial charge in [0.15, 0.2) is 0 Å². The summed E-state index contributed by atoms with van der Waals surface area (Å²) in [6.45, 7) is 4.04. The molecule has 1 atom stereocenters. The van der Waals surface area contributed by atoms with E-state index in [2.05, 4.69) is 30.1 Å². The predicted molar refractivity (Wildman–Crippen MR) is 57.0 cm³/mol. The fourth-order valence-corrected chi connectivity index (χ4v) is 2.30. The van der Waals surface area contributed by atoms with E-state index in [0.29, 0.717) is 0 Å². The standard InChI is InChI=1S/C10H12N2S/c1-6-4-3-5-8-9(6)12-10(13-8)7(2)11/h3-5,7H,11H2,1-2H3. The van der Waals surface area contributed by atoms with E-state index in [1.807, 2.05) is 6.92 Å². The third kappa shape index (κ3) is 1.45. The summed E-state index contributed by atoms with van der Waals surface area (Å²) in [5.41, 5.74) is 8.10. The summed E-state index contributed by atoms with van der Waals surface area (Å²) >= 11 is 1.68.